The van der Waals surface area contributed by atoms with Crippen LogP contribution in [0, 0.1) is 6.92 Å². The molecule has 2 N–H and O–H groups in total. The minimum atomic E-state index is 0.553. The minimum Gasteiger partial charge on any atom is -0.334 e. The Morgan fingerprint density at radius 1 is 1.47 bits per heavy atom. The van der Waals surface area contributed by atoms with Gasteiger partial charge in [-0.1, -0.05) is 0 Å². The third-order valence-corrected chi connectivity index (χ3v) is 2.70. The van der Waals surface area contributed by atoms with Gasteiger partial charge in [-0.3, -0.25) is 4.90 Å². The zero-order valence-corrected chi connectivity index (χ0v) is 9.98. The van der Waals surface area contributed by atoms with Crippen LogP contribution in [0.15, 0.2) is 12.4 Å². The van der Waals surface area contributed by atoms with Gasteiger partial charge in [0.2, 0.25) is 0 Å². The average molecular weight is 210 g/mol. The Morgan fingerprint density at radius 3 is 2.67 bits per heavy atom. The largest absolute Gasteiger partial charge is 0.334 e. The number of rotatable bonds is 6. The molecule has 0 saturated carbocycles. The van der Waals surface area contributed by atoms with Crippen molar-refractivity contribution in [3.8, 4) is 0 Å². The van der Waals surface area contributed by atoms with Crippen LogP contribution in [0.2, 0.25) is 0 Å². The summed E-state index contributed by atoms with van der Waals surface area (Å²) in [7, 11) is 0. The maximum atomic E-state index is 5.59. The van der Waals surface area contributed by atoms with Crippen molar-refractivity contribution >= 4 is 0 Å². The van der Waals surface area contributed by atoms with E-state index in [4.69, 9.17) is 5.73 Å². The Morgan fingerprint density at radius 2 is 2.20 bits per heavy atom. The summed E-state index contributed by atoms with van der Waals surface area (Å²) in [5.74, 6) is 1.08. The van der Waals surface area contributed by atoms with Gasteiger partial charge < -0.3 is 10.3 Å². The predicted molar refractivity (Wildman–Crippen MR) is 62.7 cm³/mol. The Kier molecular flexibility index (Phi) is 4.78. The van der Waals surface area contributed by atoms with E-state index in [0.717, 1.165) is 32.0 Å². The smallest absolute Gasteiger partial charge is 0.105 e. The summed E-state index contributed by atoms with van der Waals surface area (Å²) < 4.78 is 2.17. The molecule has 1 heterocycles. The zero-order valence-electron chi connectivity index (χ0n) is 9.98. The van der Waals surface area contributed by atoms with Crippen LogP contribution >= 0.6 is 0 Å². The van der Waals surface area contributed by atoms with E-state index in [9.17, 15) is 0 Å². The first-order valence-corrected chi connectivity index (χ1v) is 5.57. The lowest BCUT2D eigenvalue weighted by Gasteiger charge is -2.26. The predicted octanol–water partition coefficient (Wildman–Crippen LogP) is 0.861. The lowest BCUT2D eigenvalue weighted by Crippen LogP contribution is -2.37. The van der Waals surface area contributed by atoms with Gasteiger partial charge in [0.15, 0.2) is 0 Å². The number of aromatic nitrogens is 2. The molecule has 4 nitrogen and oxygen atoms in total. The van der Waals surface area contributed by atoms with Gasteiger partial charge in [-0.2, -0.15) is 0 Å². The van der Waals surface area contributed by atoms with Crippen molar-refractivity contribution in [1.82, 2.24) is 14.5 Å². The first-order valence-electron chi connectivity index (χ1n) is 5.57. The van der Waals surface area contributed by atoms with E-state index in [-0.39, 0.29) is 0 Å². The molecule has 0 atom stereocenters. The van der Waals surface area contributed by atoms with Gasteiger partial charge in [-0.25, -0.2) is 4.98 Å². The normalized spacial score (nSPS) is 11.6. The van der Waals surface area contributed by atoms with Crippen LogP contribution < -0.4 is 5.73 Å². The quantitative estimate of drug-likeness (QED) is 0.757. The summed E-state index contributed by atoms with van der Waals surface area (Å²) in [5.41, 5.74) is 5.59. The molecule has 0 radical (unpaired) electrons. The number of nitrogens with zero attached hydrogens (tertiary/aromatic N) is 3. The molecular weight excluding hydrogens is 188 g/mol. The highest BCUT2D eigenvalue weighted by atomic mass is 15.2. The number of imidazole rings is 1. The summed E-state index contributed by atoms with van der Waals surface area (Å²) in [6, 6.07) is 0.553. The van der Waals surface area contributed by atoms with Gasteiger partial charge in [0, 0.05) is 44.6 Å². The molecule has 4 heteroatoms. The molecule has 1 rings (SSSR count). The van der Waals surface area contributed by atoms with E-state index < -0.39 is 0 Å². The Labute approximate surface area is 92.1 Å². The molecule has 0 spiro atoms. The second kappa shape index (κ2) is 5.88. The lowest BCUT2D eigenvalue weighted by atomic mass is 10.3. The third-order valence-electron chi connectivity index (χ3n) is 2.70. The molecule has 0 aliphatic carbocycles. The van der Waals surface area contributed by atoms with Gasteiger partial charge in [-0.15, -0.1) is 0 Å². The first-order chi connectivity index (χ1) is 7.15. The van der Waals surface area contributed by atoms with E-state index in [2.05, 4.69) is 28.3 Å². The second-order valence-corrected chi connectivity index (χ2v) is 4.09. The fraction of sp³-hybridized carbons (Fsp3) is 0.727. The summed E-state index contributed by atoms with van der Waals surface area (Å²) in [6.45, 7) is 10.2. The SMILES string of the molecule is Cc1nccn1CCN(CCN)C(C)C. The highest BCUT2D eigenvalue weighted by Gasteiger charge is 2.08. The number of aryl methyl sites for hydroxylation is 1. The van der Waals surface area contributed by atoms with Crippen molar-refractivity contribution in [2.75, 3.05) is 19.6 Å². The summed E-state index contributed by atoms with van der Waals surface area (Å²) in [6.07, 6.45) is 3.87. The molecule has 0 aromatic carbocycles. The van der Waals surface area contributed by atoms with Crippen molar-refractivity contribution in [2.45, 2.75) is 33.4 Å². The van der Waals surface area contributed by atoms with Crippen LogP contribution in [-0.2, 0) is 6.54 Å². The summed E-state index contributed by atoms with van der Waals surface area (Å²) in [4.78, 5) is 6.59. The Bertz CT molecular complexity index is 280. The molecule has 0 aliphatic rings. The van der Waals surface area contributed by atoms with Gasteiger partial charge in [0.1, 0.15) is 5.82 Å². The second-order valence-electron chi connectivity index (χ2n) is 4.09. The maximum absolute atomic E-state index is 5.59. The highest BCUT2D eigenvalue weighted by Crippen LogP contribution is 2.00. The Balaban J connectivity index is 2.43. The average Bonchev–Trinajstić information content (AvgIpc) is 2.58. The molecule has 0 saturated heterocycles. The van der Waals surface area contributed by atoms with Crippen molar-refractivity contribution in [3.63, 3.8) is 0 Å². The van der Waals surface area contributed by atoms with E-state index in [1.54, 1.807) is 0 Å². The molecule has 0 unspecified atom stereocenters. The van der Waals surface area contributed by atoms with Gasteiger partial charge in [-0.05, 0) is 20.8 Å². The molecule has 0 fully saturated rings. The van der Waals surface area contributed by atoms with E-state index in [1.807, 2.05) is 19.3 Å². The molecule has 86 valence electrons. The highest BCUT2D eigenvalue weighted by molar-refractivity contribution is 4.88. The molecule has 15 heavy (non-hydrogen) atoms. The molecule has 0 aliphatic heterocycles. The Hall–Kier alpha value is -0.870. The van der Waals surface area contributed by atoms with E-state index >= 15 is 0 Å². The van der Waals surface area contributed by atoms with Crippen LogP contribution in [0.3, 0.4) is 0 Å². The van der Waals surface area contributed by atoms with Crippen molar-refractivity contribution < 1.29 is 0 Å². The molecule has 1 aromatic rings. The minimum absolute atomic E-state index is 0.553. The maximum Gasteiger partial charge on any atom is 0.105 e. The third kappa shape index (κ3) is 3.64. The van der Waals surface area contributed by atoms with Gasteiger partial charge >= 0.3 is 0 Å². The molecule has 0 amide bonds. The van der Waals surface area contributed by atoms with Crippen LogP contribution in [0.25, 0.3) is 0 Å². The fourth-order valence-corrected chi connectivity index (χ4v) is 1.67. The van der Waals surface area contributed by atoms with Crippen LogP contribution in [0.1, 0.15) is 19.7 Å². The lowest BCUT2D eigenvalue weighted by molar-refractivity contribution is 0.218. The van der Waals surface area contributed by atoms with Crippen molar-refractivity contribution in [1.29, 1.82) is 0 Å². The zero-order chi connectivity index (χ0) is 11.3. The van der Waals surface area contributed by atoms with E-state index in [1.165, 1.54) is 0 Å². The topological polar surface area (TPSA) is 47.1 Å². The van der Waals surface area contributed by atoms with Crippen LogP contribution in [0.5, 0.6) is 0 Å². The fourth-order valence-electron chi connectivity index (χ4n) is 1.67. The summed E-state index contributed by atoms with van der Waals surface area (Å²) >= 11 is 0. The van der Waals surface area contributed by atoms with Crippen LogP contribution in [-0.4, -0.2) is 40.1 Å². The number of hydrogen-bond donors (Lipinski definition) is 1. The van der Waals surface area contributed by atoms with E-state index in [0.29, 0.717) is 6.04 Å². The standard InChI is InChI=1S/C11H22N4/c1-10(2)14(6-4-12)8-9-15-7-5-13-11(15)3/h5,7,10H,4,6,8-9,12H2,1-3H3. The molecular formula is C11H22N4. The molecule has 0 bridgehead atoms. The van der Waals surface area contributed by atoms with Crippen LogP contribution in [0.4, 0.5) is 0 Å². The number of hydrogen-bond acceptors (Lipinski definition) is 3. The van der Waals surface area contributed by atoms with Crippen molar-refractivity contribution in [3.05, 3.63) is 18.2 Å². The first kappa shape index (κ1) is 12.2. The van der Waals surface area contributed by atoms with Gasteiger partial charge in [0.25, 0.3) is 0 Å². The monoisotopic (exact) mass is 210 g/mol. The van der Waals surface area contributed by atoms with Crippen molar-refractivity contribution in [2.24, 2.45) is 5.73 Å². The van der Waals surface area contributed by atoms with Gasteiger partial charge in [0.05, 0.1) is 0 Å². The number of nitrogens with two attached hydrogens (primary N) is 1. The summed E-state index contributed by atoms with van der Waals surface area (Å²) in [5, 5.41) is 0. The molecule has 1 aromatic heterocycles.